The Balaban J connectivity index is 1.95. The Bertz CT molecular complexity index is 742. The molecular weight excluding hydrogens is 344 g/mol. The van der Waals surface area contributed by atoms with Crippen LogP contribution in [0.1, 0.15) is 37.6 Å². The Morgan fingerprint density at radius 3 is 2.00 bits per heavy atom. The van der Waals surface area contributed by atoms with Gasteiger partial charge < -0.3 is 20.1 Å². The van der Waals surface area contributed by atoms with Crippen molar-refractivity contribution in [3.05, 3.63) is 54.1 Å². The van der Waals surface area contributed by atoms with Crippen molar-refractivity contribution < 1.29 is 19.1 Å². The lowest BCUT2D eigenvalue weighted by atomic mass is 10.1. The quantitative estimate of drug-likeness (QED) is 0.697. The smallest absolute Gasteiger partial charge is 0.255 e. The lowest BCUT2D eigenvalue weighted by molar-refractivity contribution is -0.127. The molecule has 0 heterocycles. The summed E-state index contributed by atoms with van der Waals surface area (Å²) in [5.41, 5.74) is 1.80. The van der Waals surface area contributed by atoms with Crippen LogP contribution in [0.25, 0.3) is 0 Å². The minimum absolute atomic E-state index is 0.189. The van der Waals surface area contributed by atoms with E-state index in [1.165, 1.54) is 0 Å². The average Bonchev–Trinajstić information content (AvgIpc) is 2.68. The van der Waals surface area contributed by atoms with Crippen LogP contribution in [0.4, 0.5) is 11.4 Å². The van der Waals surface area contributed by atoms with Crippen molar-refractivity contribution in [2.75, 3.05) is 23.8 Å². The molecule has 144 valence electrons. The largest absolute Gasteiger partial charge is 0.494 e. The third kappa shape index (κ3) is 6.11. The summed E-state index contributed by atoms with van der Waals surface area (Å²) in [6.07, 6.45) is 0.125. The van der Waals surface area contributed by atoms with Gasteiger partial charge in [0.2, 0.25) is 0 Å². The van der Waals surface area contributed by atoms with E-state index in [2.05, 4.69) is 10.6 Å². The fourth-order valence-electron chi connectivity index (χ4n) is 2.51. The second-order valence-corrected chi connectivity index (χ2v) is 5.83. The molecule has 0 saturated carbocycles. The number of ether oxygens (including phenoxy) is 2. The van der Waals surface area contributed by atoms with Gasteiger partial charge >= 0.3 is 0 Å². The molecule has 6 heteroatoms. The summed E-state index contributed by atoms with van der Waals surface area (Å²) in [4.78, 5) is 24.5. The van der Waals surface area contributed by atoms with Crippen molar-refractivity contribution in [2.24, 2.45) is 0 Å². The highest BCUT2D eigenvalue weighted by molar-refractivity contribution is 6.04. The van der Waals surface area contributed by atoms with E-state index in [0.29, 0.717) is 36.6 Å². The average molecular weight is 370 g/mol. The number of benzene rings is 2. The van der Waals surface area contributed by atoms with Gasteiger partial charge in [-0.2, -0.15) is 0 Å². The molecule has 0 aliphatic carbocycles. The Kier molecular flexibility index (Phi) is 7.82. The van der Waals surface area contributed by atoms with Crippen LogP contribution in [0.15, 0.2) is 48.5 Å². The van der Waals surface area contributed by atoms with Crippen molar-refractivity contribution in [3.8, 4) is 5.75 Å². The Morgan fingerprint density at radius 2 is 1.44 bits per heavy atom. The van der Waals surface area contributed by atoms with Crippen LogP contribution >= 0.6 is 0 Å². The Morgan fingerprint density at radius 1 is 0.852 bits per heavy atom. The first-order chi connectivity index (χ1) is 13.1. The van der Waals surface area contributed by atoms with Crippen molar-refractivity contribution in [2.45, 2.75) is 33.3 Å². The third-order valence-electron chi connectivity index (χ3n) is 3.87. The summed E-state index contributed by atoms with van der Waals surface area (Å²) in [5.74, 6) is 0.344. The molecule has 0 spiro atoms. The summed E-state index contributed by atoms with van der Waals surface area (Å²) in [5, 5.41) is 5.63. The fraction of sp³-hybridized carbons (Fsp3) is 0.333. The van der Waals surface area contributed by atoms with E-state index in [-0.39, 0.29) is 11.8 Å². The molecule has 2 amide bonds. The number of anilines is 2. The topological polar surface area (TPSA) is 76.7 Å². The molecule has 2 aromatic carbocycles. The van der Waals surface area contributed by atoms with Crippen LogP contribution in [0, 0.1) is 0 Å². The number of carbonyl (C=O) groups is 2. The van der Waals surface area contributed by atoms with E-state index in [9.17, 15) is 9.59 Å². The van der Waals surface area contributed by atoms with E-state index in [4.69, 9.17) is 9.47 Å². The van der Waals surface area contributed by atoms with E-state index in [0.717, 1.165) is 5.75 Å². The van der Waals surface area contributed by atoms with Crippen molar-refractivity contribution in [3.63, 3.8) is 0 Å². The second-order valence-electron chi connectivity index (χ2n) is 5.83. The highest BCUT2D eigenvalue weighted by Crippen LogP contribution is 2.17. The summed E-state index contributed by atoms with van der Waals surface area (Å²) < 4.78 is 10.8. The van der Waals surface area contributed by atoms with Gasteiger partial charge in [-0.25, -0.2) is 0 Å². The van der Waals surface area contributed by atoms with Gasteiger partial charge in [-0.1, -0.05) is 6.92 Å². The van der Waals surface area contributed by atoms with Crippen molar-refractivity contribution >= 4 is 23.2 Å². The lowest BCUT2D eigenvalue weighted by Gasteiger charge is -2.15. The Hall–Kier alpha value is -2.86. The van der Waals surface area contributed by atoms with Crippen LogP contribution in [0.2, 0.25) is 0 Å². The normalized spacial score (nSPS) is 11.5. The molecule has 1 unspecified atom stereocenters. The van der Waals surface area contributed by atoms with Crippen LogP contribution < -0.4 is 15.4 Å². The highest BCUT2D eigenvalue weighted by Gasteiger charge is 2.16. The highest BCUT2D eigenvalue weighted by atomic mass is 16.5. The minimum atomic E-state index is -0.474. The molecule has 2 N–H and O–H groups in total. The van der Waals surface area contributed by atoms with Gasteiger partial charge in [0.1, 0.15) is 11.9 Å². The molecule has 0 aromatic heterocycles. The zero-order valence-corrected chi connectivity index (χ0v) is 16.0. The molecular formula is C21H26N2O4. The van der Waals surface area contributed by atoms with Crippen LogP contribution in [-0.4, -0.2) is 31.1 Å². The maximum absolute atomic E-state index is 12.3. The first-order valence-corrected chi connectivity index (χ1v) is 9.14. The SMILES string of the molecule is CCOc1ccc(NC(=O)c2ccc(NC(=O)C(CC)OCC)cc2)cc1. The number of rotatable bonds is 9. The molecule has 0 saturated heterocycles. The molecule has 2 aromatic rings. The van der Waals surface area contributed by atoms with E-state index < -0.39 is 6.10 Å². The fourth-order valence-corrected chi connectivity index (χ4v) is 2.51. The number of carbonyl (C=O) groups excluding carboxylic acids is 2. The standard InChI is InChI=1S/C21H26N2O4/c1-4-19(27-6-3)21(25)23-16-9-7-15(8-10-16)20(24)22-17-11-13-18(14-12-17)26-5-2/h7-14,19H,4-6H2,1-3H3,(H,22,24)(H,23,25). The molecule has 0 bridgehead atoms. The number of nitrogens with one attached hydrogen (secondary N) is 2. The molecule has 0 radical (unpaired) electrons. The summed E-state index contributed by atoms with van der Waals surface area (Å²) in [6, 6.07) is 13.9. The number of hydrogen-bond donors (Lipinski definition) is 2. The monoisotopic (exact) mass is 370 g/mol. The van der Waals surface area contributed by atoms with Crippen LogP contribution in [-0.2, 0) is 9.53 Å². The summed E-state index contributed by atoms with van der Waals surface area (Å²) in [6.45, 7) is 6.75. The van der Waals surface area contributed by atoms with Gasteiger partial charge in [-0.05, 0) is 68.8 Å². The summed E-state index contributed by atoms with van der Waals surface area (Å²) in [7, 11) is 0. The van der Waals surface area contributed by atoms with Gasteiger partial charge in [0.05, 0.1) is 6.61 Å². The zero-order chi connectivity index (χ0) is 19.6. The van der Waals surface area contributed by atoms with E-state index in [1.807, 2.05) is 20.8 Å². The predicted octanol–water partition coefficient (Wildman–Crippen LogP) is 4.09. The van der Waals surface area contributed by atoms with E-state index in [1.54, 1.807) is 48.5 Å². The molecule has 0 aliphatic heterocycles. The van der Waals surface area contributed by atoms with Crippen molar-refractivity contribution in [1.29, 1.82) is 0 Å². The number of amides is 2. The zero-order valence-electron chi connectivity index (χ0n) is 16.0. The lowest BCUT2D eigenvalue weighted by Crippen LogP contribution is -2.29. The van der Waals surface area contributed by atoms with Gasteiger partial charge in [-0.3, -0.25) is 9.59 Å². The third-order valence-corrected chi connectivity index (χ3v) is 3.87. The first-order valence-electron chi connectivity index (χ1n) is 9.14. The minimum Gasteiger partial charge on any atom is -0.494 e. The van der Waals surface area contributed by atoms with E-state index >= 15 is 0 Å². The van der Waals surface area contributed by atoms with Gasteiger partial charge in [-0.15, -0.1) is 0 Å². The maximum Gasteiger partial charge on any atom is 0.255 e. The molecule has 0 aliphatic rings. The van der Waals surface area contributed by atoms with Crippen molar-refractivity contribution in [1.82, 2.24) is 0 Å². The van der Waals surface area contributed by atoms with Crippen LogP contribution in [0.3, 0.4) is 0 Å². The Labute approximate surface area is 159 Å². The molecule has 27 heavy (non-hydrogen) atoms. The van der Waals surface area contributed by atoms with Gasteiger partial charge in [0.25, 0.3) is 11.8 Å². The molecule has 0 fully saturated rings. The molecule has 2 rings (SSSR count). The number of hydrogen-bond acceptors (Lipinski definition) is 4. The summed E-state index contributed by atoms with van der Waals surface area (Å²) >= 11 is 0. The van der Waals surface area contributed by atoms with Gasteiger partial charge in [0, 0.05) is 23.5 Å². The first kappa shape index (κ1) is 20.5. The van der Waals surface area contributed by atoms with Crippen LogP contribution in [0.5, 0.6) is 5.75 Å². The molecule has 1 atom stereocenters. The maximum atomic E-state index is 12.3. The van der Waals surface area contributed by atoms with Gasteiger partial charge in [0.15, 0.2) is 0 Å². The predicted molar refractivity (Wildman–Crippen MR) is 106 cm³/mol. The molecule has 6 nitrogen and oxygen atoms in total. The second kappa shape index (κ2) is 10.3.